The summed E-state index contributed by atoms with van der Waals surface area (Å²) in [6, 6.07) is 25.8. The molecule has 3 aromatic rings. The average Bonchev–Trinajstić information content (AvgIpc) is 2.85. The molecule has 1 saturated carbocycles. The Morgan fingerprint density at radius 1 is 0.824 bits per heavy atom. The molecular formula is C30H37O3S+. The zero-order valence-corrected chi connectivity index (χ0v) is 21.4. The van der Waals surface area contributed by atoms with Gasteiger partial charge in [-0.15, -0.1) is 0 Å². The molecule has 180 valence electrons. The van der Waals surface area contributed by atoms with Crippen LogP contribution in [0.1, 0.15) is 56.6 Å². The van der Waals surface area contributed by atoms with Crippen LogP contribution in [0.25, 0.3) is 0 Å². The van der Waals surface area contributed by atoms with E-state index in [1.54, 1.807) is 0 Å². The Morgan fingerprint density at radius 3 is 1.85 bits per heavy atom. The molecule has 3 aromatic carbocycles. The van der Waals surface area contributed by atoms with E-state index in [1.165, 1.54) is 33.9 Å². The largest absolute Gasteiger partial charge is 0.488 e. The molecule has 0 radical (unpaired) electrons. The summed E-state index contributed by atoms with van der Waals surface area (Å²) in [4.78, 5) is 3.85. The van der Waals surface area contributed by atoms with Crippen LogP contribution in [0.5, 0.6) is 5.75 Å². The Bertz CT molecular complexity index is 983. The molecule has 1 aliphatic carbocycles. The summed E-state index contributed by atoms with van der Waals surface area (Å²) >= 11 is 0. The van der Waals surface area contributed by atoms with Gasteiger partial charge in [0.2, 0.25) is 0 Å². The molecule has 0 saturated heterocycles. The molecule has 1 atom stereocenters. The number of aryl methyl sites for hydroxylation is 2. The third kappa shape index (κ3) is 5.86. The van der Waals surface area contributed by atoms with Crippen LogP contribution < -0.4 is 4.74 Å². The highest BCUT2D eigenvalue weighted by Crippen LogP contribution is 2.37. The van der Waals surface area contributed by atoms with Crippen LogP contribution in [0.3, 0.4) is 0 Å². The van der Waals surface area contributed by atoms with Crippen molar-refractivity contribution in [3.05, 3.63) is 83.9 Å². The Kier molecular flexibility index (Phi) is 8.36. The minimum Gasteiger partial charge on any atom is -0.488 e. The molecule has 0 spiro atoms. The zero-order valence-electron chi connectivity index (χ0n) is 20.6. The fraction of sp³-hybridized carbons (Fsp3) is 0.400. The summed E-state index contributed by atoms with van der Waals surface area (Å²) in [5.74, 6) is 0.838. The predicted molar refractivity (Wildman–Crippen MR) is 140 cm³/mol. The van der Waals surface area contributed by atoms with Gasteiger partial charge >= 0.3 is 0 Å². The Balaban J connectivity index is 1.53. The van der Waals surface area contributed by atoms with Crippen molar-refractivity contribution in [1.82, 2.24) is 0 Å². The number of ether oxygens (including phenoxy) is 2. The maximum atomic E-state index is 10.6. The molecule has 0 amide bonds. The minimum absolute atomic E-state index is 0.145. The molecule has 34 heavy (non-hydrogen) atoms. The van der Waals surface area contributed by atoms with E-state index >= 15 is 0 Å². The van der Waals surface area contributed by atoms with Gasteiger partial charge < -0.3 is 14.6 Å². The summed E-state index contributed by atoms with van der Waals surface area (Å²) < 4.78 is 12.3. The van der Waals surface area contributed by atoms with E-state index in [4.69, 9.17) is 9.47 Å². The first-order valence-electron chi connectivity index (χ1n) is 12.5. The van der Waals surface area contributed by atoms with E-state index in [2.05, 4.69) is 93.6 Å². The van der Waals surface area contributed by atoms with Gasteiger partial charge in [-0.2, -0.15) is 0 Å². The van der Waals surface area contributed by atoms with E-state index in [0.29, 0.717) is 0 Å². The lowest BCUT2D eigenvalue weighted by atomic mass is 9.83. The number of rotatable bonds is 9. The van der Waals surface area contributed by atoms with Crippen LogP contribution >= 0.6 is 0 Å². The van der Waals surface area contributed by atoms with Crippen LogP contribution in [0, 0.1) is 13.8 Å². The highest BCUT2D eigenvalue weighted by molar-refractivity contribution is 7.97. The van der Waals surface area contributed by atoms with Crippen LogP contribution in [0.15, 0.2) is 87.5 Å². The fourth-order valence-corrected chi connectivity index (χ4v) is 7.27. The Labute approximate surface area is 207 Å². The molecule has 0 aliphatic heterocycles. The molecule has 1 N–H and O–H groups in total. The van der Waals surface area contributed by atoms with Crippen molar-refractivity contribution in [3.8, 4) is 5.75 Å². The van der Waals surface area contributed by atoms with Crippen molar-refractivity contribution >= 4 is 10.9 Å². The van der Waals surface area contributed by atoms with Gasteiger partial charge in [-0.25, -0.2) is 0 Å². The quantitative estimate of drug-likeness (QED) is 0.261. The standard InChI is InChI=1S/C30H37O3S/c1-4-30(18-12-7-13-19-30)33-28(31)22-32-29-23(2)20-27(21-24(29)3)34(25-14-8-5-9-15-25)26-16-10-6-11-17-26/h5-6,8-11,14-17,20-21,28,31H,4,7,12-13,18-19,22H2,1-3H3/q+1. The van der Waals surface area contributed by atoms with Gasteiger partial charge in [0.05, 0.1) is 16.5 Å². The van der Waals surface area contributed by atoms with E-state index < -0.39 is 6.29 Å². The second-order valence-corrected chi connectivity index (χ2v) is 11.3. The molecule has 1 aliphatic rings. The van der Waals surface area contributed by atoms with Gasteiger partial charge in [0.15, 0.2) is 21.0 Å². The number of hydrogen-bond acceptors (Lipinski definition) is 3. The van der Waals surface area contributed by atoms with Crippen LogP contribution in [-0.4, -0.2) is 23.6 Å². The molecule has 1 fully saturated rings. The Hall–Kier alpha value is -2.27. The van der Waals surface area contributed by atoms with Gasteiger partial charge in [-0.05, 0) is 68.5 Å². The molecular weight excluding hydrogens is 440 g/mol. The normalized spacial score (nSPS) is 16.4. The van der Waals surface area contributed by atoms with Crippen LogP contribution in [0.2, 0.25) is 0 Å². The van der Waals surface area contributed by atoms with Crippen molar-refractivity contribution in [2.45, 2.75) is 85.9 Å². The Morgan fingerprint density at radius 2 is 1.35 bits per heavy atom. The summed E-state index contributed by atoms with van der Waals surface area (Å²) in [6.45, 7) is 6.48. The van der Waals surface area contributed by atoms with Gasteiger partial charge in [0.1, 0.15) is 12.4 Å². The molecule has 0 bridgehead atoms. The second kappa shape index (κ2) is 11.4. The summed E-state index contributed by atoms with van der Waals surface area (Å²) in [5, 5.41) is 10.6. The number of benzene rings is 3. The van der Waals surface area contributed by atoms with Gasteiger partial charge in [-0.3, -0.25) is 0 Å². The lowest BCUT2D eigenvalue weighted by molar-refractivity contribution is -0.208. The van der Waals surface area contributed by atoms with Crippen molar-refractivity contribution in [2.75, 3.05) is 6.61 Å². The fourth-order valence-electron chi connectivity index (χ4n) is 5.01. The SMILES string of the molecule is CCC1(OC(O)COc2c(C)cc([S+](c3ccccc3)c3ccccc3)cc2C)CCCCC1. The molecule has 0 heterocycles. The third-order valence-electron chi connectivity index (χ3n) is 6.79. The van der Waals surface area contributed by atoms with Crippen LogP contribution in [-0.2, 0) is 15.6 Å². The first-order valence-corrected chi connectivity index (χ1v) is 13.7. The van der Waals surface area contributed by atoms with Crippen molar-refractivity contribution in [2.24, 2.45) is 0 Å². The maximum absolute atomic E-state index is 10.6. The lowest BCUT2D eigenvalue weighted by Gasteiger charge is -2.38. The lowest BCUT2D eigenvalue weighted by Crippen LogP contribution is -2.40. The van der Waals surface area contributed by atoms with Crippen molar-refractivity contribution in [3.63, 3.8) is 0 Å². The topological polar surface area (TPSA) is 38.7 Å². The summed E-state index contributed by atoms with van der Waals surface area (Å²) in [7, 11) is -0.198. The van der Waals surface area contributed by atoms with E-state index in [9.17, 15) is 5.11 Å². The monoisotopic (exact) mass is 477 g/mol. The smallest absolute Gasteiger partial charge is 0.189 e. The zero-order chi connectivity index (χ0) is 24.0. The second-order valence-electron chi connectivity index (χ2n) is 9.30. The van der Waals surface area contributed by atoms with E-state index in [1.807, 2.05) is 0 Å². The highest BCUT2D eigenvalue weighted by Gasteiger charge is 2.34. The summed E-state index contributed by atoms with van der Waals surface area (Å²) in [6.07, 6.45) is 5.66. The molecule has 1 unspecified atom stereocenters. The maximum Gasteiger partial charge on any atom is 0.189 e. The van der Waals surface area contributed by atoms with E-state index in [0.717, 1.165) is 36.1 Å². The van der Waals surface area contributed by atoms with Gasteiger partial charge in [-0.1, -0.05) is 62.6 Å². The number of aliphatic hydroxyl groups is 1. The molecule has 3 nitrogen and oxygen atoms in total. The van der Waals surface area contributed by atoms with Crippen molar-refractivity contribution in [1.29, 1.82) is 0 Å². The first-order chi connectivity index (χ1) is 16.5. The van der Waals surface area contributed by atoms with Gasteiger partial charge in [0, 0.05) is 12.1 Å². The third-order valence-corrected chi connectivity index (χ3v) is 8.99. The van der Waals surface area contributed by atoms with Crippen LogP contribution in [0.4, 0.5) is 0 Å². The molecule has 4 rings (SSSR count). The minimum atomic E-state index is -0.917. The number of aliphatic hydroxyl groups excluding tert-OH is 1. The predicted octanol–water partition coefficient (Wildman–Crippen LogP) is 7.23. The summed E-state index contributed by atoms with van der Waals surface area (Å²) in [5.41, 5.74) is 1.96. The number of hydrogen-bond donors (Lipinski definition) is 1. The molecule has 4 heteroatoms. The average molecular weight is 478 g/mol. The highest BCUT2D eigenvalue weighted by atomic mass is 32.2. The van der Waals surface area contributed by atoms with Gasteiger partial charge in [0.25, 0.3) is 0 Å². The molecule has 0 aromatic heterocycles. The van der Waals surface area contributed by atoms with Crippen molar-refractivity contribution < 1.29 is 14.6 Å². The van der Waals surface area contributed by atoms with E-state index in [-0.39, 0.29) is 23.1 Å². The first kappa shape index (κ1) is 24.8.